The number of hydrogen-bond donors (Lipinski definition) is 0. The Balaban J connectivity index is 0.881. The molecule has 5 aliphatic rings. The van der Waals surface area contributed by atoms with Crippen molar-refractivity contribution in [3.8, 4) is 90.3 Å². The maximum Gasteiger partial charge on any atom is 0.269 e. The molecule has 5 aliphatic heterocycles. The Bertz CT molecular complexity index is 6610. The molecule has 0 spiro atoms. The zero-order valence-corrected chi connectivity index (χ0v) is 52.8. The molecule has 0 amide bonds. The van der Waals surface area contributed by atoms with Crippen LogP contribution >= 0.6 is 0 Å². The normalized spacial score (nSPS) is 12.6. The van der Waals surface area contributed by atoms with E-state index in [1.165, 1.54) is 37.9 Å². The Kier molecular flexibility index (Phi) is 10.8. The van der Waals surface area contributed by atoms with E-state index in [1.807, 2.05) is 6.20 Å². The smallest absolute Gasteiger partial charge is 0.269 e. The monoisotopic (exact) mass is 1230 g/mol. The summed E-state index contributed by atoms with van der Waals surface area (Å²) in [5, 5.41) is 9.32. The minimum atomic E-state index is -0.106. The zero-order chi connectivity index (χ0) is 63.2. The highest BCUT2D eigenvalue weighted by atomic mass is 16.5. The summed E-state index contributed by atoms with van der Waals surface area (Å²) >= 11 is 0. The molecule has 0 aliphatic carbocycles. The van der Waals surface area contributed by atoms with Gasteiger partial charge in [0, 0.05) is 83.5 Å². The largest absolute Gasteiger partial charge is 0.458 e. The van der Waals surface area contributed by atoms with Gasteiger partial charge in [0.05, 0.1) is 66.5 Å². The summed E-state index contributed by atoms with van der Waals surface area (Å²) in [5.74, 6) is 2.26. The van der Waals surface area contributed by atoms with Crippen LogP contribution in [-0.2, 0) is 5.41 Å². The van der Waals surface area contributed by atoms with Crippen LogP contribution < -0.4 is 9.30 Å². The van der Waals surface area contributed by atoms with Crippen LogP contribution in [0.5, 0.6) is 11.5 Å². The summed E-state index contributed by atoms with van der Waals surface area (Å²) in [7, 11) is 0. The molecule has 0 N–H and O–H groups in total. The van der Waals surface area contributed by atoms with Gasteiger partial charge in [0.2, 0.25) is 0 Å². The number of aromatic nitrogens is 7. The van der Waals surface area contributed by atoms with Crippen molar-refractivity contribution >= 4 is 98.3 Å². The molecule has 24 rings (SSSR count). The maximum atomic E-state index is 7.11. The maximum absolute atomic E-state index is 7.11. The minimum absolute atomic E-state index is 0.106. The van der Waals surface area contributed by atoms with Crippen LogP contribution in [0.1, 0.15) is 26.3 Å². The van der Waals surface area contributed by atoms with E-state index in [2.05, 4.69) is 340 Å². The first-order valence-electron chi connectivity index (χ1n) is 33.0. The SMILES string of the molecule is CC(C)(C)c1ccnc(-n2c3ccc4cc3c3ccc(cc32)Oc2cccc(c2)-n2[c-][n+]3c5c(cccc52)-c2ccccc2-c2ccc5c6ccccc6n(c5c2-c2ccccc2-3)-c2ccc3c(c2)c2ccccc2n3-c2cccc(c2)-c2cccc3c5ccccc5n-4c23)c1. The standard InChI is InChI=1S/C88H57N7O/c1-88(2,3)54-44-45-89-83(47-54)95-80-43-37-57-49-74(80)67-39-38-60(51-82(67)95)96-59-21-15-19-55(48-59)90-52-91-75-31-10-9-27-72(75)84-68(62-22-4-5-23-63(62)69-30-17-35-81(90)86(69)91)40-41-71-65-25-7-13-34-78(65)94(87(71)84)58-36-42-79-73(50-58)66-26-8-11-32-76(66)92(79)56-20-14-18-53(46-56)61-28-16-29-70-64-24-6-12-33-77(64)93(57)85(61)70/h4-51H,1-3H3. The van der Waals surface area contributed by atoms with Crippen molar-refractivity contribution in [2.24, 2.45) is 0 Å². The molecule has 11 heterocycles. The molecule has 13 aromatic carbocycles. The number of benzene rings is 13. The highest BCUT2D eigenvalue weighted by Crippen LogP contribution is 2.50. The van der Waals surface area contributed by atoms with Gasteiger partial charge in [0.1, 0.15) is 17.3 Å². The van der Waals surface area contributed by atoms with Gasteiger partial charge in [-0.15, -0.1) is 0 Å². The highest BCUT2D eigenvalue weighted by molar-refractivity contribution is 6.20. The number of para-hydroxylation sites is 6. The van der Waals surface area contributed by atoms with E-state index in [1.54, 1.807) is 0 Å². The lowest BCUT2D eigenvalue weighted by Crippen LogP contribution is -2.30. The number of rotatable bonds is 1. The summed E-state index contributed by atoms with van der Waals surface area (Å²) < 4.78 is 21.4. The number of nitrogens with zero attached hydrogens (tertiary/aromatic N) is 7. The first-order chi connectivity index (χ1) is 47.3. The number of fused-ring (bicyclic) bond motifs is 8. The molecule has 6 aromatic heterocycles. The van der Waals surface area contributed by atoms with Gasteiger partial charge in [-0.3, -0.25) is 13.7 Å². The van der Waals surface area contributed by atoms with Crippen LogP contribution in [0.25, 0.3) is 177 Å². The molecule has 0 fully saturated rings. The zero-order valence-electron chi connectivity index (χ0n) is 52.8. The summed E-state index contributed by atoms with van der Waals surface area (Å²) in [6.07, 6.45) is 5.95. The predicted molar refractivity (Wildman–Crippen MR) is 393 cm³/mol. The molecular weight excluding hydrogens is 1170 g/mol. The van der Waals surface area contributed by atoms with Gasteiger partial charge in [-0.2, -0.15) is 0 Å². The van der Waals surface area contributed by atoms with Crippen molar-refractivity contribution < 1.29 is 9.30 Å². The van der Waals surface area contributed by atoms with Crippen LogP contribution in [0.4, 0.5) is 0 Å². The van der Waals surface area contributed by atoms with E-state index in [4.69, 9.17) is 9.72 Å². The summed E-state index contributed by atoms with van der Waals surface area (Å²) in [5.41, 5.74) is 26.3. The van der Waals surface area contributed by atoms with E-state index in [-0.39, 0.29) is 5.41 Å². The van der Waals surface area contributed by atoms with E-state index in [9.17, 15) is 0 Å². The fourth-order valence-electron chi connectivity index (χ4n) is 16.4. The number of imidazole rings is 1. The second-order valence-electron chi connectivity index (χ2n) is 26.9. The average molecular weight is 1230 g/mol. The van der Waals surface area contributed by atoms with Gasteiger partial charge in [-0.25, -0.2) is 4.98 Å². The molecule has 0 unspecified atom stereocenters. The van der Waals surface area contributed by atoms with Gasteiger partial charge in [0.25, 0.3) is 6.33 Å². The van der Waals surface area contributed by atoms with Crippen molar-refractivity contribution in [1.82, 2.24) is 27.8 Å². The molecule has 450 valence electrons. The lowest BCUT2D eigenvalue weighted by Gasteiger charge is -2.20. The van der Waals surface area contributed by atoms with Gasteiger partial charge in [0.15, 0.2) is 0 Å². The first-order valence-corrected chi connectivity index (χ1v) is 33.0. The quantitative estimate of drug-likeness (QED) is 0.121. The Labute approximate surface area is 551 Å². The highest BCUT2D eigenvalue weighted by Gasteiger charge is 2.30. The van der Waals surface area contributed by atoms with Crippen LogP contribution in [0, 0.1) is 6.33 Å². The van der Waals surface area contributed by atoms with Gasteiger partial charge >= 0.3 is 0 Å². The van der Waals surface area contributed by atoms with E-state index in [0.717, 1.165) is 145 Å². The second kappa shape index (κ2) is 19.5. The molecule has 19 aromatic rings. The van der Waals surface area contributed by atoms with Crippen molar-refractivity contribution in [1.29, 1.82) is 0 Å². The molecule has 0 radical (unpaired) electrons. The van der Waals surface area contributed by atoms with Gasteiger partial charge in [-0.05, 0) is 160 Å². The van der Waals surface area contributed by atoms with Crippen LogP contribution in [-0.4, -0.2) is 27.8 Å². The Morgan fingerprint density at radius 1 is 0.344 bits per heavy atom. The van der Waals surface area contributed by atoms with Crippen LogP contribution in [0.2, 0.25) is 0 Å². The fourth-order valence-corrected chi connectivity index (χ4v) is 16.4. The third kappa shape index (κ3) is 7.43. The molecule has 0 saturated carbocycles. The first kappa shape index (κ1) is 53.0. The van der Waals surface area contributed by atoms with Crippen molar-refractivity contribution in [2.45, 2.75) is 26.2 Å². The van der Waals surface area contributed by atoms with Crippen LogP contribution in [0.15, 0.2) is 291 Å². The summed E-state index contributed by atoms with van der Waals surface area (Å²) in [6.45, 7) is 6.78. The summed E-state index contributed by atoms with van der Waals surface area (Å²) in [6, 6.07) is 105. The summed E-state index contributed by atoms with van der Waals surface area (Å²) in [4.78, 5) is 5.14. The lowest BCUT2D eigenvalue weighted by atomic mass is 9.88. The van der Waals surface area contributed by atoms with Crippen molar-refractivity contribution in [3.05, 3.63) is 303 Å². The molecule has 96 heavy (non-hydrogen) atoms. The molecule has 16 bridgehead atoms. The molecular formula is C88H57N7O. The Hall–Kier alpha value is -12.5. The fraction of sp³-hybridized carbons (Fsp3) is 0.0455. The van der Waals surface area contributed by atoms with Crippen molar-refractivity contribution in [2.75, 3.05) is 0 Å². The number of pyridine rings is 1. The third-order valence-electron chi connectivity index (χ3n) is 20.6. The number of hydrogen-bond acceptors (Lipinski definition) is 2. The molecule has 0 saturated heterocycles. The Morgan fingerprint density at radius 2 is 0.885 bits per heavy atom. The van der Waals surface area contributed by atoms with E-state index >= 15 is 0 Å². The number of ether oxygens (including phenoxy) is 1. The van der Waals surface area contributed by atoms with Gasteiger partial charge in [-0.1, -0.05) is 185 Å². The second-order valence-corrected chi connectivity index (χ2v) is 26.9. The Morgan fingerprint density at radius 3 is 1.66 bits per heavy atom. The molecule has 0 atom stereocenters. The predicted octanol–water partition coefficient (Wildman–Crippen LogP) is 21.9. The van der Waals surface area contributed by atoms with Crippen molar-refractivity contribution in [3.63, 3.8) is 0 Å². The van der Waals surface area contributed by atoms with E-state index in [0.29, 0.717) is 11.5 Å². The third-order valence-corrected chi connectivity index (χ3v) is 20.6. The molecule has 8 heteroatoms. The lowest BCUT2D eigenvalue weighted by molar-refractivity contribution is -0.571. The average Bonchev–Trinajstić information content (AvgIpc) is 1.56. The minimum Gasteiger partial charge on any atom is -0.458 e. The topological polar surface area (TPSA) is 50.6 Å². The van der Waals surface area contributed by atoms with Crippen LogP contribution in [0.3, 0.4) is 0 Å². The molecule has 8 nitrogen and oxygen atoms in total. The van der Waals surface area contributed by atoms with Gasteiger partial charge < -0.3 is 18.4 Å². The van der Waals surface area contributed by atoms with E-state index < -0.39 is 0 Å².